The molecule has 0 spiro atoms. The van der Waals surface area contributed by atoms with Crippen molar-refractivity contribution in [2.24, 2.45) is 0 Å². The van der Waals surface area contributed by atoms with Crippen LogP contribution in [0.25, 0.3) is 0 Å². The Labute approximate surface area is 106 Å². The predicted octanol–water partition coefficient (Wildman–Crippen LogP) is 1.73. The number of ether oxygens (including phenoxy) is 1. The van der Waals surface area contributed by atoms with Crippen molar-refractivity contribution < 1.29 is 19.4 Å². The Bertz CT molecular complexity index is 425. The number of nitrogens with zero attached hydrogens (tertiary/aromatic N) is 1. The molecule has 0 radical (unpaired) electrons. The van der Waals surface area contributed by atoms with Gasteiger partial charge in [-0.25, -0.2) is 4.79 Å². The number of hydrogen-bond donors (Lipinski definition) is 1. The number of carboxylic acid groups (broad SMARTS) is 1. The second-order valence-corrected chi connectivity index (χ2v) is 4.52. The molecule has 98 valence electrons. The molecule has 0 aliphatic heterocycles. The lowest BCUT2D eigenvalue weighted by Gasteiger charge is -2.33. The maximum absolute atomic E-state index is 10.7. The fourth-order valence-electron chi connectivity index (χ4n) is 1.42. The molecule has 1 aromatic rings. The van der Waals surface area contributed by atoms with Gasteiger partial charge < -0.3 is 9.84 Å². The van der Waals surface area contributed by atoms with Crippen LogP contribution in [0, 0.1) is 0 Å². The summed E-state index contributed by atoms with van der Waals surface area (Å²) in [4.78, 5) is 23.0. The average molecular weight is 251 g/mol. The monoisotopic (exact) mass is 251 g/mol. The van der Waals surface area contributed by atoms with E-state index in [9.17, 15) is 9.59 Å². The summed E-state index contributed by atoms with van der Waals surface area (Å²) in [5, 5.41) is 8.79. The van der Waals surface area contributed by atoms with Crippen LogP contribution < -0.4 is 0 Å². The van der Waals surface area contributed by atoms with Crippen LogP contribution in [0.2, 0.25) is 0 Å². The minimum Gasteiger partial charge on any atom is -0.478 e. The van der Waals surface area contributed by atoms with E-state index in [0.29, 0.717) is 13.0 Å². The smallest absolute Gasteiger partial charge is 0.335 e. The molecule has 0 aliphatic carbocycles. The van der Waals surface area contributed by atoms with E-state index in [0.717, 1.165) is 5.56 Å². The van der Waals surface area contributed by atoms with Crippen molar-refractivity contribution in [3.8, 4) is 0 Å². The number of carboxylic acids is 1. The molecule has 5 nitrogen and oxygen atoms in total. The van der Waals surface area contributed by atoms with E-state index in [1.54, 1.807) is 38.1 Å². The first kappa shape index (κ1) is 14.2. The summed E-state index contributed by atoms with van der Waals surface area (Å²) >= 11 is 0. The average Bonchev–Trinajstić information content (AvgIpc) is 2.29. The van der Waals surface area contributed by atoms with Crippen molar-refractivity contribution >= 4 is 12.4 Å². The van der Waals surface area contributed by atoms with E-state index in [-0.39, 0.29) is 5.56 Å². The molecule has 0 saturated carbocycles. The lowest BCUT2D eigenvalue weighted by molar-refractivity contribution is -0.159. The fourth-order valence-corrected chi connectivity index (χ4v) is 1.42. The fraction of sp³-hybridized carbons (Fsp3) is 0.385. The van der Waals surface area contributed by atoms with Crippen LogP contribution >= 0.6 is 0 Å². The zero-order valence-corrected chi connectivity index (χ0v) is 10.7. The molecule has 0 saturated heterocycles. The van der Waals surface area contributed by atoms with Gasteiger partial charge in [0.05, 0.1) is 5.56 Å². The highest BCUT2D eigenvalue weighted by Crippen LogP contribution is 2.16. The standard InChI is InChI=1S/C13H17NO4/c1-13(2,18-9-15)14(3)8-10-4-6-11(7-5-10)12(16)17/h4-7,9H,8H2,1-3H3,(H,16,17). The summed E-state index contributed by atoms with van der Waals surface area (Å²) in [5.41, 5.74) is 0.502. The van der Waals surface area contributed by atoms with Crippen molar-refractivity contribution in [2.75, 3.05) is 7.05 Å². The zero-order valence-electron chi connectivity index (χ0n) is 10.7. The van der Waals surface area contributed by atoms with E-state index in [1.807, 2.05) is 11.9 Å². The van der Waals surface area contributed by atoms with E-state index < -0.39 is 11.7 Å². The molecule has 5 heteroatoms. The number of hydrogen-bond acceptors (Lipinski definition) is 4. The molecule has 1 N–H and O–H groups in total. The first-order chi connectivity index (χ1) is 8.36. The summed E-state index contributed by atoms with van der Waals surface area (Å²) in [6, 6.07) is 6.60. The molecule has 1 rings (SSSR count). The van der Waals surface area contributed by atoms with Crippen molar-refractivity contribution in [1.82, 2.24) is 4.90 Å². The minimum atomic E-state index is -0.945. The van der Waals surface area contributed by atoms with E-state index in [2.05, 4.69) is 0 Å². The van der Waals surface area contributed by atoms with Gasteiger partial charge in [0.2, 0.25) is 0 Å². The zero-order chi connectivity index (χ0) is 13.8. The Morgan fingerprint density at radius 3 is 2.39 bits per heavy atom. The lowest BCUT2D eigenvalue weighted by atomic mass is 10.1. The highest BCUT2D eigenvalue weighted by atomic mass is 16.6. The first-order valence-corrected chi connectivity index (χ1v) is 5.52. The minimum absolute atomic E-state index is 0.254. The maximum atomic E-state index is 10.7. The van der Waals surface area contributed by atoms with Gasteiger partial charge in [0.25, 0.3) is 6.47 Å². The normalized spacial score (nSPS) is 11.3. The van der Waals surface area contributed by atoms with Crippen molar-refractivity contribution in [3.05, 3.63) is 35.4 Å². The highest BCUT2D eigenvalue weighted by Gasteiger charge is 2.24. The molecule has 0 bridgehead atoms. The maximum Gasteiger partial charge on any atom is 0.335 e. The van der Waals surface area contributed by atoms with Crippen LogP contribution in [-0.2, 0) is 16.1 Å². The summed E-state index contributed by atoms with van der Waals surface area (Å²) in [5.74, 6) is -0.945. The van der Waals surface area contributed by atoms with Crippen molar-refractivity contribution in [1.29, 1.82) is 0 Å². The molecule has 0 aromatic heterocycles. The quantitative estimate of drug-likeness (QED) is 0.616. The van der Waals surface area contributed by atoms with E-state index in [4.69, 9.17) is 9.84 Å². The number of carbonyl (C=O) groups is 2. The summed E-state index contributed by atoms with van der Waals surface area (Å²) in [6.07, 6.45) is 0. The van der Waals surface area contributed by atoms with E-state index >= 15 is 0 Å². The Morgan fingerprint density at radius 2 is 1.94 bits per heavy atom. The molecular weight excluding hydrogens is 234 g/mol. The molecule has 1 aromatic carbocycles. The van der Waals surface area contributed by atoms with Gasteiger partial charge in [-0.1, -0.05) is 12.1 Å². The molecule has 0 atom stereocenters. The van der Waals surface area contributed by atoms with Gasteiger partial charge in [0.15, 0.2) is 5.72 Å². The Hall–Kier alpha value is -1.88. The van der Waals surface area contributed by atoms with Gasteiger partial charge in [-0.15, -0.1) is 0 Å². The second-order valence-electron chi connectivity index (χ2n) is 4.52. The van der Waals surface area contributed by atoms with Gasteiger partial charge >= 0.3 is 5.97 Å². The molecule has 18 heavy (non-hydrogen) atoms. The van der Waals surface area contributed by atoms with Crippen molar-refractivity contribution in [3.63, 3.8) is 0 Å². The number of benzene rings is 1. The largest absolute Gasteiger partial charge is 0.478 e. The van der Waals surface area contributed by atoms with Crippen LogP contribution in [0.1, 0.15) is 29.8 Å². The first-order valence-electron chi connectivity index (χ1n) is 5.52. The van der Waals surface area contributed by atoms with Gasteiger partial charge in [0.1, 0.15) is 0 Å². The van der Waals surface area contributed by atoms with Crippen LogP contribution in [0.3, 0.4) is 0 Å². The van der Waals surface area contributed by atoms with Gasteiger partial charge in [-0.05, 0) is 38.6 Å². The second kappa shape index (κ2) is 5.64. The molecule has 0 fully saturated rings. The Kier molecular flexibility index (Phi) is 4.44. The Balaban J connectivity index is 2.73. The third-order valence-corrected chi connectivity index (χ3v) is 2.88. The van der Waals surface area contributed by atoms with Crippen LogP contribution in [0.15, 0.2) is 24.3 Å². The van der Waals surface area contributed by atoms with Crippen molar-refractivity contribution in [2.45, 2.75) is 26.1 Å². The highest BCUT2D eigenvalue weighted by molar-refractivity contribution is 5.87. The van der Waals surface area contributed by atoms with Gasteiger partial charge in [-0.3, -0.25) is 9.69 Å². The third kappa shape index (κ3) is 3.56. The SMILES string of the molecule is CN(Cc1ccc(C(=O)O)cc1)C(C)(C)OC=O. The summed E-state index contributed by atoms with van der Waals surface area (Å²) < 4.78 is 4.98. The topological polar surface area (TPSA) is 66.8 Å². The molecule has 0 aliphatic rings. The third-order valence-electron chi connectivity index (χ3n) is 2.88. The van der Waals surface area contributed by atoms with Crippen LogP contribution in [0.4, 0.5) is 0 Å². The summed E-state index contributed by atoms with van der Waals surface area (Å²) in [7, 11) is 1.83. The Morgan fingerprint density at radius 1 is 1.39 bits per heavy atom. The number of aromatic carboxylic acids is 1. The summed E-state index contributed by atoms with van der Waals surface area (Å²) in [6.45, 7) is 4.55. The molecule has 0 amide bonds. The van der Waals surface area contributed by atoms with Gasteiger partial charge in [0, 0.05) is 6.54 Å². The molecule has 0 heterocycles. The predicted molar refractivity (Wildman–Crippen MR) is 66.1 cm³/mol. The van der Waals surface area contributed by atoms with Crippen LogP contribution in [-0.4, -0.2) is 35.2 Å². The number of rotatable bonds is 6. The molecule has 0 unspecified atom stereocenters. The van der Waals surface area contributed by atoms with Crippen LogP contribution in [0.5, 0.6) is 0 Å². The number of carbonyl (C=O) groups excluding carboxylic acids is 1. The lowest BCUT2D eigenvalue weighted by Crippen LogP contribution is -2.42. The van der Waals surface area contributed by atoms with E-state index in [1.165, 1.54) is 0 Å². The van der Waals surface area contributed by atoms with Gasteiger partial charge in [-0.2, -0.15) is 0 Å². The molecular formula is C13H17NO4.